The lowest BCUT2D eigenvalue weighted by atomic mass is 9.95. The van der Waals surface area contributed by atoms with E-state index in [0.717, 1.165) is 36.4 Å². The number of benzene rings is 1. The molecule has 2 aliphatic carbocycles. The summed E-state index contributed by atoms with van der Waals surface area (Å²) in [5.41, 5.74) is 2.43. The minimum Gasteiger partial charge on any atom is -0.349 e. The van der Waals surface area contributed by atoms with Crippen LogP contribution in [0.25, 0.3) is 0 Å². The summed E-state index contributed by atoms with van der Waals surface area (Å²) in [4.78, 5) is 24.7. The summed E-state index contributed by atoms with van der Waals surface area (Å²) in [6.45, 7) is 1.95. The molecule has 142 valence electrons. The van der Waals surface area contributed by atoms with E-state index in [2.05, 4.69) is 10.6 Å². The van der Waals surface area contributed by atoms with Gasteiger partial charge in [-0.3, -0.25) is 9.59 Å². The third kappa shape index (κ3) is 5.33. The molecule has 0 radical (unpaired) electrons. The van der Waals surface area contributed by atoms with Crippen molar-refractivity contribution in [1.82, 2.24) is 5.32 Å². The Balaban J connectivity index is 1.51. The van der Waals surface area contributed by atoms with E-state index in [1.54, 1.807) is 0 Å². The van der Waals surface area contributed by atoms with Crippen molar-refractivity contribution < 1.29 is 9.59 Å². The van der Waals surface area contributed by atoms with E-state index in [9.17, 15) is 9.59 Å². The number of rotatable bonds is 6. The van der Waals surface area contributed by atoms with Gasteiger partial charge in [-0.25, -0.2) is 0 Å². The topological polar surface area (TPSA) is 58.2 Å². The third-order valence-corrected chi connectivity index (χ3v) is 5.96. The van der Waals surface area contributed by atoms with E-state index in [1.807, 2.05) is 25.1 Å². The summed E-state index contributed by atoms with van der Waals surface area (Å²) < 4.78 is 0. The standard InChI is InChI=1S/C22H32N2O2/c1-16-15-18(22(26)23-19-9-3-2-4-10-19)12-13-20(16)24-21(25)14-11-17-7-5-6-8-17/h12-13,15,17,19H,2-11,14H2,1H3,(H,23,26)(H,24,25). The predicted octanol–water partition coefficient (Wildman–Crippen LogP) is 4.97. The zero-order valence-electron chi connectivity index (χ0n) is 16.0. The molecule has 1 aromatic rings. The minimum atomic E-state index is -0.000824. The van der Waals surface area contributed by atoms with Gasteiger partial charge in [0.2, 0.25) is 5.91 Å². The smallest absolute Gasteiger partial charge is 0.251 e. The first-order valence-electron chi connectivity index (χ1n) is 10.3. The van der Waals surface area contributed by atoms with Gasteiger partial charge in [0, 0.05) is 23.7 Å². The Bertz CT molecular complexity index is 629. The van der Waals surface area contributed by atoms with Crippen LogP contribution in [0.1, 0.15) is 86.6 Å². The lowest BCUT2D eigenvalue weighted by molar-refractivity contribution is -0.116. The van der Waals surface area contributed by atoms with Gasteiger partial charge < -0.3 is 10.6 Å². The van der Waals surface area contributed by atoms with Gasteiger partial charge in [0.1, 0.15) is 0 Å². The van der Waals surface area contributed by atoms with Crippen LogP contribution in [-0.2, 0) is 4.79 Å². The molecule has 2 aliphatic rings. The second-order valence-corrected chi connectivity index (χ2v) is 8.08. The lowest BCUT2D eigenvalue weighted by Gasteiger charge is -2.23. The second kappa shape index (κ2) is 9.20. The van der Waals surface area contributed by atoms with Crippen molar-refractivity contribution in [3.63, 3.8) is 0 Å². The van der Waals surface area contributed by atoms with Gasteiger partial charge in [-0.2, -0.15) is 0 Å². The molecule has 26 heavy (non-hydrogen) atoms. The largest absolute Gasteiger partial charge is 0.349 e. The van der Waals surface area contributed by atoms with Gasteiger partial charge in [-0.15, -0.1) is 0 Å². The zero-order chi connectivity index (χ0) is 18.4. The molecule has 0 heterocycles. The number of anilines is 1. The molecule has 0 spiro atoms. The summed E-state index contributed by atoms with van der Waals surface area (Å²) in [6, 6.07) is 5.87. The Morgan fingerprint density at radius 2 is 1.69 bits per heavy atom. The van der Waals surface area contributed by atoms with Gasteiger partial charge in [-0.05, 0) is 55.9 Å². The van der Waals surface area contributed by atoms with E-state index in [4.69, 9.17) is 0 Å². The molecule has 2 fully saturated rings. The lowest BCUT2D eigenvalue weighted by Crippen LogP contribution is -2.36. The van der Waals surface area contributed by atoms with Gasteiger partial charge in [0.15, 0.2) is 0 Å². The molecule has 4 heteroatoms. The second-order valence-electron chi connectivity index (χ2n) is 8.08. The Morgan fingerprint density at radius 3 is 2.38 bits per heavy atom. The van der Waals surface area contributed by atoms with Crippen molar-refractivity contribution in [1.29, 1.82) is 0 Å². The first-order chi connectivity index (χ1) is 12.6. The molecule has 0 atom stereocenters. The first kappa shape index (κ1) is 18.9. The fraction of sp³-hybridized carbons (Fsp3) is 0.636. The van der Waals surface area contributed by atoms with E-state index >= 15 is 0 Å². The van der Waals surface area contributed by atoms with Crippen LogP contribution in [0.4, 0.5) is 5.69 Å². The van der Waals surface area contributed by atoms with Gasteiger partial charge in [0.25, 0.3) is 5.91 Å². The molecule has 0 aromatic heterocycles. The fourth-order valence-electron chi connectivity index (χ4n) is 4.31. The molecule has 0 unspecified atom stereocenters. The molecule has 2 saturated carbocycles. The number of amides is 2. The normalized spacial score (nSPS) is 18.7. The highest BCUT2D eigenvalue weighted by Crippen LogP contribution is 2.28. The van der Waals surface area contributed by atoms with Crippen molar-refractivity contribution in [2.45, 2.75) is 83.6 Å². The van der Waals surface area contributed by atoms with Crippen LogP contribution in [0.3, 0.4) is 0 Å². The molecule has 1 aromatic carbocycles. The highest BCUT2D eigenvalue weighted by atomic mass is 16.2. The summed E-state index contributed by atoms with van der Waals surface area (Å²) in [5, 5.41) is 6.16. The van der Waals surface area contributed by atoms with E-state index in [-0.39, 0.29) is 11.8 Å². The van der Waals surface area contributed by atoms with Crippen molar-refractivity contribution in [3.8, 4) is 0 Å². The Labute approximate surface area is 157 Å². The number of aryl methyl sites for hydroxylation is 1. The monoisotopic (exact) mass is 356 g/mol. The van der Waals surface area contributed by atoms with Crippen LogP contribution in [0.15, 0.2) is 18.2 Å². The van der Waals surface area contributed by atoms with E-state index in [1.165, 1.54) is 44.9 Å². The third-order valence-electron chi connectivity index (χ3n) is 5.96. The molecule has 0 saturated heterocycles. The molecular weight excluding hydrogens is 324 g/mol. The van der Waals surface area contributed by atoms with Crippen LogP contribution in [-0.4, -0.2) is 17.9 Å². The maximum atomic E-state index is 12.4. The van der Waals surface area contributed by atoms with Crippen molar-refractivity contribution >= 4 is 17.5 Å². The predicted molar refractivity (Wildman–Crippen MR) is 105 cm³/mol. The van der Waals surface area contributed by atoms with Crippen LogP contribution in [0.5, 0.6) is 0 Å². The number of hydrogen-bond acceptors (Lipinski definition) is 2. The number of carbonyl (C=O) groups excluding carboxylic acids is 2. The average Bonchev–Trinajstić information content (AvgIpc) is 3.16. The van der Waals surface area contributed by atoms with Crippen LogP contribution >= 0.6 is 0 Å². The maximum Gasteiger partial charge on any atom is 0.251 e. The van der Waals surface area contributed by atoms with Gasteiger partial charge >= 0.3 is 0 Å². The highest BCUT2D eigenvalue weighted by molar-refractivity contribution is 5.96. The minimum absolute atomic E-state index is 0.000824. The molecular formula is C22H32N2O2. The summed E-state index contributed by atoms with van der Waals surface area (Å²) in [6.07, 6.45) is 12.6. The number of hydrogen-bond donors (Lipinski definition) is 2. The van der Waals surface area contributed by atoms with E-state index in [0.29, 0.717) is 18.0 Å². The van der Waals surface area contributed by atoms with Crippen LogP contribution < -0.4 is 10.6 Å². The maximum absolute atomic E-state index is 12.4. The Hall–Kier alpha value is -1.84. The van der Waals surface area contributed by atoms with Crippen LogP contribution in [0, 0.1) is 12.8 Å². The molecule has 2 amide bonds. The SMILES string of the molecule is Cc1cc(C(=O)NC2CCCCC2)ccc1NC(=O)CCC1CCCC1. The number of nitrogens with one attached hydrogen (secondary N) is 2. The molecule has 4 nitrogen and oxygen atoms in total. The van der Waals surface area contributed by atoms with Crippen LogP contribution in [0.2, 0.25) is 0 Å². The molecule has 2 N–H and O–H groups in total. The quantitative estimate of drug-likeness (QED) is 0.756. The fourth-order valence-corrected chi connectivity index (χ4v) is 4.31. The molecule has 3 rings (SSSR count). The Kier molecular flexibility index (Phi) is 6.70. The van der Waals surface area contributed by atoms with Gasteiger partial charge in [0.05, 0.1) is 0 Å². The van der Waals surface area contributed by atoms with Crippen molar-refractivity contribution in [3.05, 3.63) is 29.3 Å². The summed E-state index contributed by atoms with van der Waals surface area (Å²) in [5.74, 6) is 0.811. The molecule has 0 bridgehead atoms. The average molecular weight is 357 g/mol. The zero-order valence-corrected chi connectivity index (χ0v) is 16.0. The summed E-state index contributed by atoms with van der Waals surface area (Å²) >= 11 is 0. The molecule has 0 aliphatic heterocycles. The number of carbonyl (C=O) groups is 2. The van der Waals surface area contributed by atoms with Gasteiger partial charge in [-0.1, -0.05) is 44.9 Å². The first-order valence-corrected chi connectivity index (χ1v) is 10.3. The van der Waals surface area contributed by atoms with Crippen molar-refractivity contribution in [2.75, 3.05) is 5.32 Å². The Morgan fingerprint density at radius 1 is 1.00 bits per heavy atom. The van der Waals surface area contributed by atoms with E-state index < -0.39 is 0 Å². The van der Waals surface area contributed by atoms with Crippen molar-refractivity contribution in [2.24, 2.45) is 5.92 Å². The summed E-state index contributed by atoms with van der Waals surface area (Å²) in [7, 11) is 0. The highest BCUT2D eigenvalue weighted by Gasteiger charge is 2.18.